The molecule has 1 heterocycles. The van der Waals surface area contributed by atoms with Gasteiger partial charge < -0.3 is 4.42 Å². The first kappa shape index (κ1) is 14.2. The van der Waals surface area contributed by atoms with Crippen LogP contribution in [0.15, 0.2) is 27.8 Å². The monoisotopic (exact) mass is 328 g/mol. The maximum Gasteiger partial charge on any atom is 0.277 e. The maximum atomic E-state index is 6.15. The molecule has 1 saturated carbocycles. The number of rotatable bonds is 3. The van der Waals surface area contributed by atoms with E-state index in [4.69, 9.17) is 27.6 Å². The normalized spacial score (nSPS) is 16.5. The minimum Gasteiger partial charge on any atom is -0.411 e. The Hall–Kier alpha value is -0.710. The van der Waals surface area contributed by atoms with Crippen molar-refractivity contribution in [1.82, 2.24) is 10.2 Å². The first-order chi connectivity index (χ1) is 9.72. The average molecular weight is 329 g/mol. The third kappa shape index (κ3) is 3.30. The van der Waals surface area contributed by atoms with Crippen LogP contribution in [-0.2, 0) is 0 Å². The van der Waals surface area contributed by atoms with Crippen molar-refractivity contribution in [3.63, 3.8) is 0 Å². The zero-order valence-corrected chi connectivity index (χ0v) is 13.1. The molecule has 0 atom stereocenters. The Labute approximate surface area is 132 Å². The lowest BCUT2D eigenvalue weighted by Crippen LogP contribution is -2.07. The van der Waals surface area contributed by atoms with E-state index in [1.54, 1.807) is 30.0 Å². The Bertz CT molecular complexity index is 597. The van der Waals surface area contributed by atoms with Crippen LogP contribution in [0.4, 0.5) is 0 Å². The zero-order valence-electron chi connectivity index (χ0n) is 10.8. The van der Waals surface area contributed by atoms with Crippen LogP contribution >= 0.6 is 35.0 Å². The molecule has 0 N–H and O–H groups in total. The number of nitrogens with zero attached hydrogens (tertiary/aromatic N) is 2. The number of thioether (sulfide) groups is 1. The zero-order chi connectivity index (χ0) is 13.9. The minimum atomic E-state index is 0.449. The molecule has 3 rings (SSSR count). The van der Waals surface area contributed by atoms with E-state index in [1.807, 2.05) is 0 Å². The van der Waals surface area contributed by atoms with E-state index in [-0.39, 0.29) is 0 Å². The van der Waals surface area contributed by atoms with E-state index in [0.29, 0.717) is 26.4 Å². The van der Waals surface area contributed by atoms with Crippen LogP contribution in [0.1, 0.15) is 32.1 Å². The fourth-order valence-corrected chi connectivity index (χ4v) is 3.91. The van der Waals surface area contributed by atoms with E-state index in [1.165, 1.54) is 32.1 Å². The largest absolute Gasteiger partial charge is 0.411 e. The van der Waals surface area contributed by atoms with Crippen molar-refractivity contribution in [3.8, 4) is 11.5 Å². The van der Waals surface area contributed by atoms with Gasteiger partial charge in [0.05, 0.1) is 10.6 Å². The Morgan fingerprint density at radius 2 is 1.90 bits per heavy atom. The second kappa shape index (κ2) is 6.37. The number of hydrogen-bond acceptors (Lipinski definition) is 4. The van der Waals surface area contributed by atoms with E-state index >= 15 is 0 Å². The standard InChI is InChI=1S/C14H14Cl2N2OS/c15-9-6-7-11(12(16)8-9)13-17-18-14(19-13)20-10-4-2-1-3-5-10/h6-8,10H,1-5H2. The number of halogens is 2. The Balaban J connectivity index is 1.75. The van der Waals surface area contributed by atoms with Gasteiger partial charge in [-0.15, -0.1) is 10.2 Å². The highest BCUT2D eigenvalue weighted by Crippen LogP contribution is 2.35. The molecular formula is C14H14Cl2N2OS. The highest BCUT2D eigenvalue weighted by Gasteiger charge is 2.19. The molecule has 1 aliphatic carbocycles. The summed E-state index contributed by atoms with van der Waals surface area (Å²) in [6, 6.07) is 5.24. The third-order valence-corrected chi connectivity index (χ3v) is 5.11. The average Bonchev–Trinajstić information content (AvgIpc) is 2.88. The molecule has 1 fully saturated rings. The van der Waals surface area contributed by atoms with Crippen LogP contribution in [0.25, 0.3) is 11.5 Å². The molecule has 0 unspecified atom stereocenters. The highest BCUT2D eigenvalue weighted by molar-refractivity contribution is 7.99. The van der Waals surface area contributed by atoms with Crippen LogP contribution in [-0.4, -0.2) is 15.4 Å². The summed E-state index contributed by atoms with van der Waals surface area (Å²) < 4.78 is 5.71. The molecule has 1 aliphatic rings. The van der Waals surface area contributed by atoms with Crippen LogP contribution in [0, 0.1) is 0 Å². The SMILES string of the molecule is Clc1ccc(-c2nnc(SC3CCCCC3)o2)c(Cl)c1. The second-order valence-corrected chi connectivity index (χ2v) is 6.97. The van der Waals surface area contributed by atoms with E-state index in [0.717, 1.165) is 5.56 Å². The predicted molar refractivity (Wildman–Crippen MR) is 82.5 cm³/mol. The van der Waals surface area contributed by atoms with Gasteiger partial charge in [0.25, 0.3) is 5.22 Å². The summed E-state index contributed by atoms with van der Waals surface area (Å²) >= 11 is 13.7. The number of benzene rings is 1. The minimum absolute atomic E-state index is 0.449. The molecule has 0 radical (unpaired) electrons. The summed E-state index contributed by atoms with van der Waals surface area (Å²) in [6.45, 7) is 0. The van der Waals surface area contributed by atoms with Gasteiger partial charge in [-0.25, -0.2) is 0 Å². The molecule has 20 heavy (non-hydrogen) atoms. The topological polar surface area (TPSA) is 38.9 Å². The van der Waals surface area contributed by atoms with E-state index < -0.39 is 0 Å². The highest BCUT2D eigenvalue weighted by atomic mass is 35.5. The van der Waals surface area contributed by atoms with Gasteiger partial charge in [-0.1, -0.05) is 54.2 Å². The molecule has 0 spiro atoms. The summed E-state index contributed by atoms with van der Waals surface area (Å²) in [5, 5.41) is 10.5. The fourth-order valence-electron chi connectivity index (χ4n) is 2.35. The van der Waals surface area contributed by atoms with Gasteiger partial charge in [-0.3, -0.25) is 0 Å². The quantitative estimate of drug-likeness (QED) is 0.748. The first-order valence-corrected chi connectivity index (χ1v) is 8.31. The van der Waals surface area contributed by atoms with Crippen LogP contribution < -0.4 is 0 Å². The number of aromatic nitrogens is 2. The lowest BCUT2D eigenvalue weighted by molar-refractivity contribution is 0.458. The molecule has 0 bridgehead atoms. The summed E-state index contributed by atoms with van der Waals surface area (Å²) in [4.78, 5) is 0. The van der Waals surface area contributed by atoms with Crippen molar-refractivity contribution in [3.05, 3.63) is 28.2 Å². The van der Waals surface area contributed by atoms with Crippen molar-refractivity contribution in [2.75, 3.05) is 0 Å². The summed E-state index contributed by atoms with van der Waals surface area (Å²) in [7, 11) is 0. The van der Waals surface area contributed by atoms with Crippen molar-refractivity contribution in [2.24, 2.45) is 0 Å². The Kier molecular flexibility index (Phi) is 4.54. The van der Waals surface area contributed by atoms with Crippen molar-refractivity contribution in [2.45, 2.75) is 42.6 Å². The van der Waals surface area contributed by atoms with E-state index in [2.05, 4.69) is 10.2 Å². The molecule has 1 aromatic heterocycles. The van der Waals surface area contributed by atoms with Gasteiger partial charge >= 0.3 is 0 Å². The van der Waals surface area contributed by atoms with Gasteiger partial charge in [-0.05, 0) is 31.0 Å². The van der Waals surface area contributed by atoms with Crippen LogP contribution in [0.5, 0.6) is 0 Å². The molecular weight excluding hydrogens is 315 g/mol. The molecule has 2 aromatic rings. The van der Waals surface area contributed by atoms with Gasteiger partial charge in [0.2, 0.25) is 5.89 Å². The third-order valence-electron chi connectivity index (χ3n) is 3.39. The molecule has 0 saturated heterocycles. The summed E-state index contributed by atoms with van der Waals surface area (Å²) in [5.74, 6) is 0.449. The van der Waals surface area contributed by atoms with Gasteiger partial charge in [0, 0.05) is 10.3 Å². The van der Waals surface area contributed by atoms with E-state index in [9.17, 15) is 0 Å². The number of hydrogen-bond donors (Lipinski definition) is 0. The second-order valence-electron chi connectivity index (χ2n) is 4.88. The van der Waals surface area contributed by atoms with Crippen molar-refractivity contribution < 1.29 is 4.42 Å². The molecule has 0 aliphatic heterocycles. The van der Waals surface area contributed by atoms with Crippen molar-refractivity contribution in [1.29, 1.82) is 0 Å². The maximum absolute atomic E-state index is 6.15. The van der Waals surface area contributed by atoms with Crippen molar-refractivity contribution >= 4 is 35.0 Å². The van der Waals surface area contributed by atoms with Crippen LogP contribution in [0.3, 0.4) is 0 Å². The molecule has 3 nitrogen and oxygen atoms in total. The first-order valence-electron chi connectivity index (χ1n) is 6.68. The molecule has 1 aromatic carbocycles. The molecule has 106 valence electrons. The lowest BCUT2D eigenvalue weighted by atomic mass is 10.0. The molecule has 6 heteroatoms. The van der Waals surface area contributed by atoms with Gasteiger partial charge in [0.1, 0.15) is 0 Å². The summed E-state index contributed by atoms with van der Waals surface area (Å²) in [6.07, 6.45) is 6.38. The predicted octanol–water partition coefficient (Wildman–Crippen LogP) is 5.47. The van der Waals surface area contributed by atoms with Crippen LogP contribution in [0.2, 0.25) is 10.0 Å². The Morgan fingerprint density at radius 1 is 1.10 bits per heavy atom. The fraction of sp³-hybridized carbons (Fsp3) is 0.429. The van der Waals surface area contributed by atoms with Gasteiger partial charge in [0.15, 0.2) is 0 Å². The Morgan fingerprint density at radius 3 is 2.65 bits per heavy atom. The van der Waals surface area contributed by atoms with Gasteiger partial charge in [-0.2, -0.15) is 0 Å². The lowest BCUT2D eigenvalue weighted by Gasteiger charge is -2.18. The summed E-state index contributed by atoms with van der Waals surface area (Å²) in [5.41, 5.74) is 0.721. The molecule has 0 amide bonds. The smallest absolute Gasteiger partial charge is 0.277 e.